The van der Waals surface area contributed by atoms with Crippen LogP contribution < -0.4 is 15.1 Å². The van der Waals surface area contributed by atoms with Gasteiger partial charge < -0.3 is 18.6 Å². The summed E-state index contributed by atoms with van der Waals surface area (Å²) in [6, 6.07) is 10.1. The van der Waals surface area contributed by atoms with Crippen molar-refractivity contribution < 1.29 is 23.4 Å². The van der Waals surface area contributed by atoms with Crippen LogP contribution >= 0.6 is 11.6 Å². The molecule has 3 aromatic rings. The third-order valence-corrected chi connectivity index (χ3v) is 4.50. The zero-order valence-corrected chi connectivity index (χ0v) is 16.9. The van der Waals surface area contributed by atoms with Crippen molar-refractivity contribution in [3.8, 4) is 11.5 Å². The summed E-state index contributed by atoms with van der Waals surface area (Å²) in [7, 11) is 2.99. The van der Waals surface area contributed by atoms with Crippen molar-refractivity contribution in [2.75, 3.05) is 14.2 Å². The molecule has 0 bridgehead atoms. The lowest BCUT2D eigenvalue weighted by Gasteiger charge is -2.10. The fourth-order valence-electron chi connectivity index (χ4n) is 2.85. The molecule has 0 atom stereocenters. The molecule has 7 heteroatoms. The van der Waals surface area contributed by atoms with Gasteiger partial charge in [-0.05, 0) is 42.3 Å². The first-order chi connectivity index (χ1) is 13.9. The maximum Gasteiger partial charge on any atom is 0.336 e. The van der Waals surface area contributed by atoms with Crippen molar-refractivity contribution in [2.45, 2.75) is 13.5 Å². The summed E-state index contributed by atoms with van der Waals surface area (Å²) in [4.78, 5) is 23.9. The molecule has 3 rings (SSSR count). The third-order valence-electron chi connectivity index (χ3n) is 4.22. The zero-order chi connectivity index (χ0) is 21.0. The summed E-state index contributed by atoms with van der Waals surface area (Å²) in [6.07, 6.45) is 2.83. The lowest BCUT2D eigenvalue weighted by molar-refractivity contribution is -0.138. The van der Waals surface area contributed by atoms with Gasteiger partial charge in [-0.3, -0.25) is 0 Å². The Morgan fingerprint density at radius 3 is 2.66 bits per heavy atom. The van der Waals surface area contributed by atoms with Crippen LogP contribution in [0.1, 0.15) is 16.7 Å². The quantitative estimate of drug-likeness (QED) is 0.335. The fraction of sp³-hybridized carbons (Fsp3) is 0.182. The Balaban J connectivity index is 1.75. The van der Waals surface area contributed by atoms with Gasteiger partial charge in [0.1, 0.15) is 12.2 Å². The summed E-state index contributed by atoms with van der Waals surface area (Å²) < 4.78 is 20.9. The number of halogens is 1. The standard InChI is InChI=1S/C22H19ClO6/c1-13-4-6-16-15(11-21(25)29-18(16)8-13)12-28-20(24)7-5-14-9-17(23)22(27-3)19(10-14)26-2/h4-11H,12H2,1-3H3/b7-5+. The minimum atomic E-state index is -0.565. The third kappa shape index (κ3) is 4.78. The van der Waals surface area contributed by atoms with Gasteiger partial charge in [0, 0.05) is 23.1 Å². The second-order valence-electron chi connectivity index (χ2n) is 6.27. The van der Waals surface area contributed by atoms with Crippen LogP contribution in [0.15, 0.2) is 51.7 Å². The van der Waals surface area contributed by atoms with Gasteiger partial charge >= 0.3 is 11.6 Å². The molecule has 0 aliphatic rings. The van der Waals surface area contributed by atoms with Gasteiger partial charge in [-0.15, -0.1) is 0 Å². The molecule has 1 aromatic heterocycles. The smallest absolute Gasteiger partial charge is 0.336 e. The fourth-order valence-corrected chi connectivity index (χ4v) is 3.15. The van der Waals surface area contributed by atoms with Gasteiger partial charge in [-0.2, -0.15) is 0 Å². The van der Waals surface area contributed by atoms with E-state index in [1.165, 1.54) is 26.4 Å². The van der Waals surface area contributed by atoms with Gasteiger partial charge in [-0.25, -0.2) is 9.59 Å². The van der Waals surface area contributed by atoms with E-state index in [1.807, 2.05) is 19.1 Å². The molecule has 0 saturated carbocycles. The first kappa shape index (κ1) is 20.5. The molecule has 0 fully saturated rings. The van der Waals surface area contributed by atoms with Crippen molar-refractivity contribution in [2.24, 2.45) is 0 Å². The van der Waals surface area contributed by atoms with Gasteiger partial charge in [0.05, 0.1) is 19.2 Å². The molecule has 2 aromatic carbocycles. The molecule has 6 nitrogen and oxygen atoms in total. The topological polar surface area (TPSA) is 75.0 Å². The van der Waals surface area contributed by atoms with Crippen LogP contribution in [-0.4, -0.2) is 20.2 Å². The van der Waals surface area contributed by atoms with Crippen LogP contribution in [0.2, 0.25) is 5.02 Å². The molecule has 0 amide bonds. The highest BCUT2D eigenvalue weighted by molar-refractivity contribution is 6.32. The number of carbonyl (C=O) groups excluding carboxylic acids is 1. The highest BCUT2D eigenvalue weighted by Crippen LogP contribution is 2.36. The molecule has 0 N–H and O–H groups in total. The Labute approximate surface area is 172 Å². The Morgan fingerprint density at radius 2 is 1.93 bits per heavy atom. The van der Waals surface area contributed by atoms with E-state index in [1.54, 1.807) is 24.3 Å². The van der Waals surface area contributed by atoms with Crippen LogP contribution in [0.3, 0.4) is 0 Å². The molecular weight excluding hydrogens is 396 g/mol. The molecule has 0 aliphatic carbocycles. The lowest BCUT2D eigenvalue weighted by Crippen LogP contribution is -2.05. The van der Waals surface area contributed by atoms with E-state index in [9.17, 15) is 9.59 Å². The predicted octanol–water partition coefficient (Wildman–Crippen LogP) is 4.53. The van der Waals surface area contributed by atoms with Gasteiger partial charge in [0.15, 0.2) is 11.5 Å². The first-order valence-electron chi connectivity index (χ1n) is 8.71. The number of fused-ring (bicyclic) bond motifs is 1. The summed E-state index contributed by atoms with van der Waals surface area (Å²) >= 11 is 6.16. The second-order valence-corrected chi connectivity index (χ2v) is 6.68. The molecule has 0 saturated heterocycles. The van der Waals surface area contributed by atoms with Crippen LogP contribution in [0, 0.1) is 6.92 Å². The predicted molar refractivity (Wildman–Crippen MR) is 111 cm³/mol. The van der Waals surface area contributed by atoms with E-state index < -0.39 is 11.6 Å². The van der Waals surface area contributed by atoms with Crippen molar-refractivity contribution in [3.05, 3.63) is 74.6 Å². The van der Waals surface area contributed by atoms with Gasteiger partial charge in [0.25, 0.3) is 0 Å². The molecule has 29 heavy (non-hydrogen) atoms. The van der Waals surface area contributed by atoms with Crippen molar-refractivity contribution in [1.29, 1.82) is 0 Å². The molecule has 0 radical (unpaired) electrons. The SMILES string of the molecule is COc1cc(/C=C/C(=O)OCc2cc(=O)oc3cc(C)ccc23)cc(Cl)c1OC. The van der Waals surface area contributed by atoms with Crippen molar-refractivity contribution in [3.63, 3.8) is 0 Å². The van der Waals surface area contributed by atoms with Crippen LogP contribution in [0.25, 0.3) is 17.0 Å². The number of rotatable bonds is 6. The maximum atomic E-state index is 12.1. The van der Waals surface area contributed by atoms with Crippen LogP contribution in [0.5, 0.6) is 11.5 Å². The number of methoxy groups -OCH3 is 2. The van der Waals surface area contributed by atoms with E-state index in [2.05, 4.69) is 0 Å². The minimum Gasteiger partial charge on any atom is -0.493 e. The van der Waals surface area contributed by atoms with Crippen molar-refractivity contribution >= 4 is 34.6 Å². The highest BCUT2D eigenvalue weighted by atomic mass is 35.5. The number of hydrogen-bond acceptors (Lipinski definition) is 6. The largest absolute Gasteiger partial charge is 0.493 e. The molecule has 1 heterocycles. The average Bonchev–Trinajstić information content (AvgIpc) is 2.69. The Morgan fingerprint density at radius 1 is 1.14 bits per heavy atom. The normalized spacial score (nSPS) is 11.0. The van der Waals surface area contributed by atoms with E-state index in [0.29, 0.717) is 33.2 Å². The molecule has 150 valence electrons. The minimum absolute atomic E-state index is 0.0545. The Kier molecular flexibility index (Phi) is 6.24. The molecule has 0 spiro atoms. The van der Waals surface area contributed by atoms with Gasteiger partial charge in [-0.1, -0.05) is 23.7 Å². The maximum absolute atomic E-state index is 12.1. The summed E-state index contributed by atoms with van der Waals surface area (Å²) in [5.41, 5.74) is 2.15. The number of carbonyl (C=O) groups is 1. The van der Waals surface area contributed by atoms with E-state index in [-0.39, 0.29) is 6.61 Å². The first-order valence-corrected chi connectivity index (χ1v) is 9.09. The second kappa shape index (κ2) is 8.84. The highest BCUT2D eigenvalue weighted by Gasteiger charge is 2.11. The summed E-state index contributed by atoms with van der Waals surface area (Å²) in [5.74, 6) is 0.300. The summed E-state index contributed by atoms with van der Waals surface area (Å²) in [6.45, 7) is 1.85. The molecule has 0 unspecified atom stereocenters. The van der Waals surface area contributed by atoms with E-state index >= 15 is 0 Å². The number of aryl methyl sites for hydroxylation is 1. The van der Waals surface area contributed by atoms with E-state index in [0.717, 1.165) is 10.9 Å². The number of benzene rings is 2. The van der Waals surface area contributed by atoms with Crippen LogP contribution in [-0.2, 0) is 16.1 Å². The lowest BCUT2D eigenvalue weighted by atomic mass is 10.1. The molecular formula is C22H19ClO6. The zero-order valence-electron chi connectivity index (χ0n) is 16.2. The summed E-state index contributed by atoms with van der Waals surface area (Å²) in [5, 5.41) is 1.08. The molecule has 0 aliphatic heterocycles. The van der Waals surface area contributed by atoms with Gasteiger partial charge in [0.2, 0.25) is 0 Å². The van der Waals surface area contributed by atoms with Crippen LogP contribution in [0.4, 0.5) is 0 Å². The number of hydrogen-bond donors (Lipinski definition) is 0. The van der Waals surface area contributed by atoms with Crippen molar-refractivity contribution in [1.82, 2.24) is 0 Å². The van der Waals surface area contributed by atoms with E-state index in [4.69, 9.17) is 30.2 Å². The monoisotopic (exact) mass is 414 g/mol. The average molecular weight is 415 g/mol. The number of ether oxygens (including phenoxy) is 3. The Bertz CT molecular complexity index is 1150. The number of esters is 1. The Hall–Kier alpha value is -3.25.